The monoisotopic (exact) mass is 199 g/mol. The van der Waals surface area contributed by atoms with Gasteiger partial charge in [-0.25, -0.2) is 0 Å². The van der Waals surface area contributed by atoms with E-state index >= 15 is 0 Å². The molecule has 4 nitrogen and oxygen atoms in total. The maximum atomic E-state index is 11.0. The van der Waals surface area contributed by atoms with Crippen molar-refractivity contribution in [2.75, 3.05) is 7.11 Å². The van der Waals surface area contributed by atoms with Gasteiger partial charge in [0.05, 0.1) is 7.11 Å². The van der Waals surface area contributed by atoms with Crippen molar-refractivity contribution in [3.8, 4) is 0 Å². The van der Waals surface area contributed by atoms with Crippen LogP contribution in [-0.4, -0.2) is 25.0 Å². The van der Waals surface area contributed by atoms with Gasteiger partial charge in [0.2, 0.25) is 5.91 Å². The lowest BCUT2D eigenvalue weighted by Gasteiger charge is -2.10. The van der Waals surface area contributed by atoms with E-state index in [-0.39, 0.29) is 17.9 Å². The van der Waals surface area contributed by atoms with Gasteiger partial charge in [0.1, 0.15) is 0 Å². The van der Waals surface area contributed by atoms with Crippen LogP contribution in [0.3, 0.4) is 0 Å². The average Bonchev–Trinajstić information content (AvgIpc) is 2.51. The summed E-state index contributed by atoms with van der Waals surface area (Å²) >= 11 is 0. The number of carbonyl (C=O) groups excluding carboxylic acids is 2. The van der Waals surface area contributed by atoms with E-state index < -0.39 is 0 Å². The lowest BCUT2D eigenvalue weighted by molar-refractivity contribution is -0.141. The average molecular weight is 199 g/mol. The predicted octanol–water partition coefficient (Wildman–Crippen LogP) is 0.854. The molecule has 0 spiro atoms. The largest absolute Gasteiger partial charge is 0.469 e. The third-order valence-electron chi connectivity index (χ3n) is 2.63. The number of ether oxygens (including phenoxy) is 1. The molecule has 0 aliphatic heterocycles. The normalized spacial score (nSPS) is 25.9. The van der Waals surface area contributed by atoms with Gasteiger partial charge in [-0.2, -0.15) is 0 Å². The molecule has 0 heterocycles. The molecule has 0 aromatic rings. The van der Waals surface area contributed by atoms with E-state index in [9.17, 15) is 9.59 Å². The maximum Gasteiger partial charge on any atom is 0.305 e. The Kier molecular flexibility index (Phi) is 3.92. The molecular weight excluding hydrogens is 182 g/mol. The fourth-order valence-electron chi connectivity index (χ4n) is 2.00. The first-order valence-corrected chi connectivity index (χ1v) is 4.95. The minimum Gasteiger partial charge on any atom is -0.469 e. The van der Waals surface area contributed by atoms with Gasteiger partial charge in [0, 0.05) is 19.4 Å². The summed E-state index contributed by atoms with van der Waals surface area (Å²) in [6.07, 6.45) is 3.35. The highest BCUT2D eigenvalue weighted by atomic mass is 16.5. The molecule has 1 aliphatic carbocycles. The molecule has 1 N–H and O–H groups in total. The highest BCUT2D eigenvalue weighted by Crippen LogP contribution is 2.28. The minimum atomic E-state index is -0.154. The van der Waals surface area contributed by atoms with Crippen molar-refractivity contribution in [3.63, 3.8) is 0 Å². The van der Waals surface area contributed by atoms with Gasteiger partial charge in [0.15, 0.2) is 0 Å². The fourth-order valence-corrected chi connectivity index (χ4v) is 2.00. The molecule has 0 saturated heterocycles. The second kappa shape index (κ2) is 4.98. The lowest BCUT2D eigenvalue weighted by atomic mass is 10.0. The first-order chi connectivity index (χ1) is 6.61. The Morgan fingerprint density at radius 1 is 1.43 bits per heavy atom. The zero-order valence-electron chi connectivity index (χ0n) is 8.71. The molecule has 1 saturated carbocycles. The lowest BCUT2D eigenvalue weighted by Crippen LogP contribution is -2.30. The Bertz CT molecular complexity index is 227. The third-order valence-corrected chi connectivity index (χ3v) is 2.63. The van der Waals surface area contributed by atoms with Crippen molar-refractivity contribution in [1.29, 1.82) is 0 Å². The van der Waals surface area contributed by atoms with E-state index in [1.165, 1.54) is 14.0 Å². The highest BCUT2D eigenvalue weighted by Gasteiger charge is 2.26. The Morgan fingerprint density at radius 2 is 2.14 bits per heavy atom. The van der Waals surface area contributed by atoms with E-state index in [4.69, 9.17) is 0 Å². The first-order valence-electron chi connectivity index (χ1n) is 4.95. The summed E-state index contributed by atoms with van der Waals surface area (Å²) in [4.78, 5) is 21.8. The van der Waals surface area contributed by atoms with Crippen LogP contribution in [0, 0.1) is 5.92 Å². The van der Waals surface area contributed by atoms with Crippen LogP contribution in [-0.2, 0) is 14.3 Å². The molecule has 4 heteroatoms. The van der Waals surface area contributed by atoms with E-state index in [2.05, 4.69) is 10.1 Å². The molecule has 1 amide bonds. The molecular formula is C10H17NO3. The van der Waals surface area contributed by atoms with Gasteiger partial charge in [0.25, 0.3) is 0 Å². The summed E-state index contributed by atoms with van der Waals surface area (Å²) in [5.74, 6) is 0.228. The first kappa shape index (κ1) is 11.0. The van der Waals surface area contributed by atoms with Crippen molar-refractivity contribution in [2.45, 2.75) is 38.6 Å². The minimum absolute atomic E-state index is 0.00807. The Labute approximate surface area is 84.0 Å². The van der Waals surface area contributed by atoms with E-state index in [1.54, 1.807) is 0 Å². The quantitative estimate of drug-likeness (QED) is 0.686. The van der Waals surface area contributed by atoms with Crippen LogP contribution >= 0.6 is 0 Å². The van der Waals surface area contributed by atoms with E-state index in [0.29, 0.717) is 12.3 Å². The summed E-state index contributed by atoms with van der Waals surface area (Å²) in [6, 6.07) is 0.252. The van der Waals surface area contributed by atoms with Crippen molar-refractivity contribution < 1.29 is 14.3 Å². The van der Waals surface area contributed by atoms with Gasteiger partial charge in [-0.15, -0.1) is 0 Å². The van der Waals surface area contributed by atoms with Crippen LogP contribution in [0.15, 0.2) is 0 Å². The number of methoxy groups -OCH3 is 1. The Morgan fingerprint density at radius 3 is 2.71 bits per heavy atom. The predicted molar refractivity (Wildman–Crippen MR) is 51.6 cm³/mol. The van der Waals surface area contributed by atoms with Gasteiger partial charge >= 0.3 is 5.97 Å². The van der Waals surface area contributed by atoms with E-state index in [1.807, 2.05) is 0 Å². The molecule has 2 atom stereocenters. The summed E-state index contributed by atoms with van der Waals surface area (Å²) in [5, 5.41) is 2.87. The van der Waals surface area contributed by atoms with Gasteiger partial charge in [-0.1, -0.05) is 0 Å². The second-order valence-corrected chi connectivity index (χ2v) is 3.86. The molecule has 0 aromatic heterocycles. The van der Waals surface area contributed by atoms with Crippen LogP contribution in [0.4, 0.5) is 0 Å². The van der Waals surface area contributed by atoms with Crippen LogP contribution < -0.4 is 5.32 Å². The molecule has 1 fully saturated rings. The molecule has 2 unspecified atom stereocenters. The summed E-state index contributed by atoms with van der Waals surface area (Å²) < 4.78 is 4.60. The Hall–Kier alpha value is -1.06. The van der Waals surface area contributed by atoms with Crippen LogP contribution in [0.1, 0.15) is 32.6 Å². The summed E-state index contributed by atoms with van der Waals surface area (Å²) in [6.45, 7) is 1.52. The van der Waals surface area contributed by atoms with Crippen LogP contribution in [0.2, 0.25) is 0 Å². The zero-order chi connectivity index (χ0) is 10.6. The maximum absolute atomic E-state index is 11.0. The van der Waals surface area contributed by atoms with Crippen LogP contribution in [0.25, 0.3) is 0 Å². The van der Waals surface area contributed by atoms with Crippen molar-refractivity contribution in [3.05, 3.63) is 0 Å². The Balaban J connectivity index is 2.27. The van der Waals surface area contributed by atoms with Gasteiger partial charge < -0.3 is 10.1 Å². The summed E-state index contributed by atoms with van der Waals surface area (Å²) in [7, 11) is 1.41. The number of hydrogen-bond donors (Lipinski definition) is 1. The van der Waals surface area contributed by atoms with Gasteiger partial charge in [-0.05, 0) is 25.2 Å². The number of nitrogens with one attached hydrogen (secondary N) is 1. The molecule has 0 aromatic carbocycles. The third kappa shape index (κ3) is 3.36. The number of carbonyl (C=O) groups is 2. The van der Waals surface area contributed by atoms with Gasteiger partial charge in [-0.3, -0.25) is 9.59 Å². The van der Waals surface area contributed by atoms with Crippen LogP contribution in [0.5, 0.6) is 0 Å². The number of esters is 1. The molecule has 0 bridgehead atoms. The van der Waals surface area contributed by atoms with Crippen molar-refractivity contribution >= 4 is 11.9 Å². The molecule has 80 valence electrons. The van der Waals surface area contributed by atoms with Crippen molar-refractivity contribution in [2.24, 2.45) is 5.92 Å². The van der Waals surface area contributed by atoms with Crippen molar-refractivity contribution in [1.82, 2.24) is 5.32 Å². The second-order valence-electron chi connectivity index (χ2n) is 3.86. The smallest absolute Gasteiger partial charge is 0.305 e. The number of amides is 1. The highest BCUT2D eigenvalue weighted by molar-refractivity contribution is 5.73. The molecule has 0 radical (unpaired) electrons. The number of rotatable bonds is 3. The number of hydrogen-bond acceptors (Lipinski definition) is 3. The molecule has 1 aliphatic rings. The SMILES string of the molecule is COC(=O)CC1CCC(NC(C)=O)C1. The zero-order valence-corrected chi connectivity index (χ0v) is 8.71. The molecule has 1 rings (SSSR count). The topological polar surface area (TPSA) is 55.4 Å². The molecule has 14 heavy (non-hydrogen) atoms. The van der Waals surface area contributed by atoms with E-state index in [0.717, 1.165) is 19.3 Å². The fraction of sp³-hybridized carbons (Fsp3) is 0.800. The summed E-state index contributed by atoms with van der Waals surface area (Å²) in [5.41, 5.74) is 0. The standard InChI is InChI=1S/C10H17NO3/c1-7(12)11-9-4-3-8(5-9)6-10(13)14-2/h8-9H,3-6H2,1-2H3,(H,11,12).